The average Bonchev–Trinajstić information content (AvgIpc) is 2.16. The number of hydrogen-bond acceptors (Lipinski definition) is 3. The maximum absolute atomic E-state index is 8.63. The first-order valence-electron chi connectivity index (χ1n) is 5.25. The van der Waals surface area contributed by atoms with Gasteiger partial charge in [-0.1, -0.05) is 26.2 Å². The molecular weight excluding hydrogens is 166 g/mol. The van der Waals surface area contributed by atoms with Crippen LogP contribution in [0.1, 0.15) is 39.0 Å². The van der Waals surface area contributed by atoms with E-state index in [1.54, 1.807) is 0 Å². The van der Waals surface area contributed by atoms with Crippen molar-refractivity contribution >= 4 is 0 Å². The minimum Gasteiger partial charge on any atom is -0.395 e. The van der Waals surface area contributed by atoms with Crippen molar-refractivity contribution in [3.05, 3.63) is 0 Å². The van der Waals surface area contributed by atoms with Crippen molar-refractivity contribution in [2.45, 2.75) is 45.1 Å². The Bertz CT molecular complexity index is 98.9. The molecule has 0 aliphatic heterocycles. The molecule has 0 fully saturated rings. The highest BCUT2D eigenvalue weighted by Crippen LogP contribution is 1.99. The van der Waals surface area contributed by atoms with Crippen LogP contribution in [0.4, 0.5) is 0 Å². The van der Waals surface area contributed by atoms with E-state index in [4.69, 9.17) is 15.6 Å². The lowest BCUT2D eigenvalue weighted by atomic mass is 10.2. The third-order valence-electron chi connectivity index (χ3n) is 2.01. The molecule has 0 radical (unpaired) electrons. The second kappa shape index (κ2) is 9.96. The Morgan fingerprint density at radius 3 is 2.62 bits per heavy atom. The fourth-order valence-corrected chi connectivity index (χ4v) is 1.06. The Labute approximate surface area is 81.3 Å². The van der Waals surface area contributed by atoms with Crippen molar-refractivity contribution < 1.29 is 9.84 Å². The van der Waals surface area contributed by atoms with Crippen molar-refractivity contribution in [2.75, 3.05) is 19.8 Å². The minimum atomic E-state index is -0.115. The van der Waals surface area contributed by atoms with Crippen LogP contribution in [0.3, 0.4) is 0 Å². The quantitative estimate of drug-likeness (QED) is 0.537. The molecule has 0 rings (SSSR count). The lowest BCUT2D eigenvalue weighted by Gasteiger charge is -2.08. The van der Waals surface area contributed by atoms with E-state index in [1.165, 1.54) is 19.3 Å². The van der Waals surface area contributed by atoms with Crippen LogP contribution in [0.15, 0.2) is 0 Å². The first kappa shape index (κ1) is 12.9. The number of aliphatic hydroxyl groups excluding tert-OH is 1. The Kier molecular flexibility index (Phi) is 9.87. The van der Waals surface area contributed by atoms with E-state index < -0.39 is 0 Å². The predicted octanol–water partition coefficient (Wildman–Crippen LogP) is 1.29. The third kappa shape index (κ3) is 9.80. The lowest BCUT2D eigenvalue weighted by molar-refractivity contribution is 0.116. The number of aliphatic hydroxyl groups is 1. The summed E-state index contributed by atoms with van der Waals surface area (Å²) in [6.45, 7) is 3.76. The topological polar surface area (TPSA) is 55.5 Å². The van der Waals surface area contributed by atoms with Gasteiger partial charge < -0.3 is 15.6 Å². The average molecular weight is 189 g/mol. The van der Waals surface area contributed by atoms with E-state index in [0.717, 1.165) is 19.4 Å². The molecule has 1 unspecified atom stereocenters. The fourth-order valence-electron chi connectivity index (χ4n) is 1.06. The molecule has 80 valence electrons. The molecule has 0 bridgehead atoms. The number of unbranched alkanes of at least 4 members (excludes halogenated alkanes) is 3. The van der Waals surface area contributed by atoms with E-state index in [-0.39, 0.29) is 12.6 Å². The summed E-state index contributed by atoms with van der Waals surface area (Å²) in [5.41, 5.74) is 5.51. The van der Waals surface area contributed by atoms with Gasteiger partial charge in [-0.05, 0) is 12.8 Å². The normalized spacial score (nSPS) is 13.2. The number of hydrogen-bond donors (Lipinski definition) is 2. The maximum Gasteiger partial charge on any atom is 0.0583 e. The summed E-state index contributed by atoms with van der Waals surface area (Å²) >= 11 is 0. The molecule has 0 saturated carbocycles. The smallest absolute Gasteiger partial charge is 0.0583 e. The molecule has 0 heterocycles. The molecule has 0 saturated heterocycles. The van der Waals surface area contributed by atoms with Crippen molar-refractivity contribution in [1.29, 1.82) is 0 Å². The van der Waals surface area contributed by atoms with Crippen LogP contribution in [0.2, 0.25) is 0 Å². The standard InChI is InChI=1S/C10H23NO2/c1-2-3-4-5-7-13-8-6-10(11)9-12/h10,12H,2-9,11H2,1H3. The van der Waals surface area contributed by atoms with Crippen molar-refractivity contribution in [3.8, 4) is 0 Å². The summed E-state index contributed by atoms with van der Waals surface area (Å²) < 4.78 is 5.36. The Morgan fingerprint density at radius 2 is 2.00 bits per heavy atom. The van der Waals surface area contributed by atoms with Gasteiger partial charge in [0.05, 0.1) is 6.61 Å². The second-order valence-corrected chi connectivity index (χ2v) is 3.40. The van der Waals surface area contributed by atoms with Gasteiger partial charge in [-0.3, -0.25) is 0 Å². The highest BCUT2D eigenvalue weighted by Gasteiger charge is 1.98. The molecule has 0 aromatic carbocycles. The molecule has 13 heavy (non-hydrogen) atoms. The minimum absolute atomic E-state index is 0.0548. The summed E-state index contributed by atoms with van der Waals surface area (Å²) in [6, 6.07) is -0.115. The molecule has 0 aromatic heterocycles. The van der Waals surface area contributed by atoms with E-state index in [0.29, 0.717) is 6.61 Å². The Hall–Kier alpha value is -0.120. The van der Waals surface area contributed by atoms with Gasteiger partial charge in [-0.15, -0.1) is 0 Å². The number of ether oxygens (including phenoxy) is 1. The molecule has 0 aromatic rings. The van der Waals surface area contributed by atoms with Crippen LogP contribution in [0, 0.1) is 0 Å². The Balaban J connectivity index is 2.91. The van der Waals surface area contributed by atoms with Crippen LogP contribution in [-0.2, 0) is 4.74 Å². The summed E-state index contributed by atoms with van der Waals surface area (Å²) in [4.78, 5) is 0. The van der Waals surface area contributed by atoms with E-state index >= 15 is 0 Å². The third-order valence-corrected chi connectivity index (χ3v) is 2.01. The molecular formula is C10H23NO2. The first-order valence-corrected chi connectivity index (χ1v) is 5.25. The highest BCUT2D eigenvalue weighted by molar-refractivity contribution is 4.56. The van der Waals surface area contributed by atoms with Gasteiger partial charge in [0.2, 0.25) is 0 Å². The SMILES string of the molecule is CCCCCCOCCC(N)CO. The molecule has 0 amide bonds. The predicted molar refractivity (Wildman–Crippen MR) is 54.6 cm³/mol. The molecule has 0 aliphatic rings. The zero-order valence-corrected chi connectivity index (χ0v) is 8.67. The van der Waals surface area contributed by atoms with Gasteiger partial charge >= 0.3 is 0 Å². The van der Waals surface area contributed by atoms with Crippen LogP contribution in [0.25, 0.3) is 0 Å². The van der Waals surface area contributed by atoms with Gasteiger partial charge in [0.1, 0.15) is 0 Å². The monoisotopic (exact) mass is 189 g/mol. The summed E-state index contributed by atoms with van der Waals surface area (Å²) in [6.07, 6.45) is 5.70. The van der Waals surface area contributed by atoms with Crippen LogP contribution >= 0.6 is 0 Å². The van der Waals surface area contributed by atoms with E-state index in [9.17, 15) is 0 Å². The second-order valence-electron chi connectivity index (χ2n) is 3.40. The van der Waals surface area contributed by atoms with Gasteiger partial charge in [0, 0.05) is 19.3 Å². The zero-order valence-electron chi connectivity index (χ0n) is 8.67. The molecule has 3 nitrogen and oxygen atoms in total. The molecule has 0 aliphatic carbocycles. The van der Waals surface area contributed by atoms with Gasteiger partial charge in [0.25, 0.3) is 0 Å². The van der Waals surface area contributed by atoms with Crippen LogP contribution in [-0.4, -0.2) is 31.0 Å². The van der Waals surface area contributed by atoms with Crippen molar-refractivity contribution in [1.82, 2.24) is 0 Å². The highest BCUT2D eigenvalue weighted by atomic mass is 16.5. The molecule has 3 heteroatoms. The van der Waals surface area contributed by atoms with Gasteiger partial charge in [-0.2, -0.15) is 0 Å². The zero-order chi connectivity index (χ0) is 9.94. The first-order chi connectivity index (χ1) is 6.31. The summed E-state index contributed by atoms with van der Waals surface area (Å²) in [5.74, 6) is 0. The number of nitrogens with two attached hydrogens (primary N) is 1. The van der Waals surface area contributed by atoms with E-state index in [2.05, 4.69) is 6.92 Å². The van der Waals surface area contributed by atoms with Crippen molar-refractivity contribution in [2.24, 2.45) is 5.73 Å². The Morgan fingerprint density at radius 1 is 1.23 bits per heavy atom. The summed E-state index contributed by atoms with van der Waals surface area (Å²) in [7, 11) is 0. The van der Waals surface area contributed by atoms with E-state index in [1.807, 2.05) is 0 Å². The molecule has 1 atom stereocenters. The van der Waals surface area contributed by atoms with Crippen LogP contribution < -0.4 is 5.73 Å². The van der Waals surface area contributed by atoms with Gasteiger partial charge in [-0.25, -0.2) is 0 Å². The maximum atomic E-state index is 8.63. The number of rotatable bonds is 9. The lowest BCUT2D eigenvalue weighted by Crippen LogP contribution is -2.25. The largest absolute Gasteiger partial charge is 0.395 e. The van der Waals surface area contributed by atoms with Gasteiger partial charge in [0.15, 0.2) is 0 Å². The summed E-state index contributed by atoms with van der Waals surface area (Å²) in [5, 5.41) is 8.63. The van der Waals surface area contributed by atoms with Crippen molar-refractivity contribution in [3.63, 3.8) is 0 Å². The fraction of sp³-hybridized carbons (Fsp3) is 1.00. The van der Waals surface area contributed by atoms with Crippen LogP contribution in [0.5, 0.6) is 0 Å². The molecule has 3 N–H and O–H groups in total. The molecule has 0 spiro atoms.